The van der Waals surface area contributed by atoms with Crippen LogP contribution in [0.3, 0.4) is 0 Å². The average molecular weight is 330 g/mol. The minimum atomic E-state index is 0.152. The van der Waals surface area contributed by atoms with Gasteiger partial charge in [0.15, 0.2) is 0 Å². The predicted octanol–water partition coefficient (Wildman–Crippen LogP) is 3.01. The van der Waals surface area contributed by atoms with Gasteiger partial charge in [0.25, 0.3) is 0 Å². The molecule has 1 saturated carbocycles. The Morgan fingerprint density at radius 3 is 2.70 bits per heavy atom. The highest BCUT2D eigenvalue weighted by Gasteiger charge is 2.28. The van der Waals surface area contributed by atoms with Crippen LogP contribution < -0.4 is 5.73 Å². The molecule has 1 heterocycles. The molecule has 1 aliphatic carbocycles. The van der Waals surface area contributed by atoms with Crippen molar-refractivity contribution in [1.29, 1.82) is 0 Å². The largest absolute Gasteiger partial charge is 0.507 e. The fourth-order valence-electron chi connectivity index (χ4n) is 2.20. The molecule has 2 aromatic rings. The number of benzene rings is 1. The van der Waals surface area contributed by atoms with E-state index in [0.717, 1.165) is 24.0 Å². The van der Waals surface area contributed by atoms with Crippen molar-refractivity contribution >= 4 is 21.7 Å². The number of rotatable bonds is 2. The van der Waals surface area contributed by atoms with E-state index in [2.05, 4.69) is 36.9 Å². The summed E-state index contributed by atoms with van der Waals surface area (Å²) < 4.78 is 0. The maximum absolute atomic E-state index is 10.2. The zero-order valence-electron chi connectivity index (χ0n) is 10.6. The van der Waals surface area contributed by atoms with E-state index in [1.165, 1.54) is 0 Å². The lowest BCUT2D eigenvalue weighted by molar-refractivity contribution is 0.477. The SMILES string of the molecule is Nc1cc(C2CC2)c(-c2ccc(C#CBr)cc2O)nn1. The highest BCUT2D eigenvalue weighted by atomic mass is 79.9. The molecule has 20 heavy (non-hydrogen) atoms. The van der Waals surface area contributed by atoms with E-state index in [1.54, 1.807) is 6.07 Å². The molecule has 0 atom stereocenters. The van der Waals surface area contributed by atoms with Gasteiger partial charge in [-0.2, -0.15) is 0 Å². The monoisotopic (exact) mass is 329 g/mol. The summed E-state index contributed by atoms with van der Waals surface area (Å²) in [5, 5.41) is 18.3. The number of hydrogen-bond donors (Lipinski definition) is 2. The quantitative estimate of drug-likeness (QED) is 0.831. The number of halogens is 1. The molecule has 0 bridgehead atoms. The van der Waals surface area contributed by atoms with Crippen LogP contribution in [-0.2, 0) is 0 Å². The van der Waals surface area contributed by atoms with Gasteiger partial charge in [0, 0.05) is 27.1 Å². The Balaban J connectivity index is 2.10. The summed E-state index contributed by atoms with van der Waals surface area (Å²) in [7, 11) is 0. The fourth-order valence-corrected chi connectivity index (χ4v) is 2.43. The Hall–Kier alpha value is -2.06. The van der Waals surface area contributed by atoms with E-state index in [9.17, 15) is 5.11 Å². The van der Waals surface area contributed by atoms with Crippen LogP contribution in [0.15, 0.2) is 24.3 Å². The third-order valence-electron chi connectivity index (χ3n) is 3.30. The molecule has 3 N–H and O–H groups in total. The highest BCUT2D eigenvalue weighted by Crippen LogP contribution is 2.45. The van der Waals surface area contributed by atoms with Gasteiger partial charge in [0.1, 0.15) is 17.3 Å². The van der Waals surface area contributed by atoms with E-state index in [1.807, 2.05) is 18.2 Å². The zero-order valence-corrected chi connectivity index (χ0v) is 12.2. The second-order valence-corrected chi connectivity index (χ2v) is 5.20. The second-order valence-electron chi connectivity index (χ2n) is 4.80. The molecule has 0 radical (unpaired) electrons. The summed E-state index contributed by atoms with van der Waals surface area (Å²) in [6, 6.07) is 7.13. The topological polar surface area (TPSA) is 72.0 Å². The van der Waals surface area contributed by atoms with E-state index < -0.39 is 0 Å². The molecule has 0 unspecified atom stereocenters. The zero-order chi connectivity index (χ0) is 14.1. The van der Waals surface area contributed by atoms with E-state index >= 15 is 0 Å². The van der Waals surface area contributed by atoms with E-state index in [4.69, 9.17) is 5.73 Å². The normalized spacial score (nSPS) is 13.7. The molecular weight excluding hydrogens is 318 g/mol. The van der Waals surface area contributed by atoms with Gasteiger partial charge < -0.3 is 10.8 Å². The van der Waals surface area contributed by atoms with Crippen LogP contribution in [0.2, 0.25) is 0 Å². The third kappa shape index (κ3) is 2.47. The van der Waals surface area contributed by atoms with Crippen LogP contribution in [0.25, 0.3) is 11.3 Å². The van der Waals surface area contributed by atoms with Crippen molar-refractivity contribution in [2.24, 2.45) is 0 Å². The molecular formula is C15H12BrN3O. The Morgan fingerprint density at radius 1 is 1.25 bits per heavy atom. The standard InChI is InChI=1S/C15H12BrN3O/c16-6-5-9-1-4-11(13(20)7-9)15-12(10-2-3-10)8-14(17)18-19-15/h1,4,7-8,10,20H,2-3H2,(H2,17,18). The van der Waals surface area contributed by atoms with Crippen molar-refractivity contribution in [2.75, 3.05) is 5.73 Å². The van der Waals surface area contributed by atoms with E-state index in [0.29, 0.717) is 23.0 Å². The van der Waals surface area contributed by atoms with Gasteiger partial charge in [-0.15, -0.1) is 10.2 Å². The molecule has 100 valence electrons. The summed E-state index contributed by atoms with van der Waals surface area (Å²) in [5.41, 5.74) is 8.88. The Morgan fingerprint density at radius 2 is 2.05 bits per heavy atom. The molecule has 1 aromatic carbocycles. The van der Waals surface area contributed by atoms with Crippen molar-refractivity contribution in [3.8, 4) is 27.8 Å². The first-order valence-electron chi connectivity index (χ1n) is 6.27. The lowest BCUT2D eigenvalue weighted by Crippen LogP contribution is -1.99. The molecule has 0 saturated heterocycles. The maximum Gasteiger partial charge on any atom is 0.146 e. The molecule has 1 aromatic heterocycles. The number of nitrogens with zero attached hydrogens (tertiary/aromatic N) is 2. The van der Waals surface area contributed by atoms with Crippen LogP contribution in [0.5, 0.6) is 5.75 Å². The van der Waals surface area contributed by atoms with Crippen LogP contribution in [-0.4, -0.2) is 15.3 Å². The summed E-state index contributed by atoms with van der Waals surface area (Å²) in [6.07, 6.45) is 2.26. The van der Waals surface area contributed by atoms with Crippen LogP contribution in [0.1, 0.15) is 29.9 Å². The van der Waals surface area contributed by atoms with Gasteiger partial charge in [-0.25, -0.2) is 0 Å². The smallest absolute Gasteiger partial charge is 0.146 e. The number of anilines is 1. The van der Waals surface area contributed by atoms with Crippen molar-refractivity contribution < 1.29 is 5.11 Å². The van der Waals surface area contributed by atoms with Gasteiger partial charge in [0.2, 0.25) is 0 Å². The highest BCUT2D eigenvalue weighted by molar-refractivity contribution is 9.12. The number of aromatic hydroxyl groups is 1. The third-order valence-corrected chi connectivity index (χ3v) is 3.50. The molecule has 4 nitrogen and oxygen atoms in total. The molecule has 3 rings (SSSR count). The Labute approximate surface area is 125 Å². The van der Waals surface area contributed by atoms with Gasteiger partial charge >= 0.3 is 0 Å². The average Bonchev–Trinajstić information content (AvgIpc) is 3.24. The summed E-state index contributed by atoms with van der Waals surface area (Å²) >= 11 is 3.04. The van der Waals surface area contributed by atoms with Crippen molar-refractivity contribution in [1.82, 2.24) is 10.2 Å². The van der Waals surface area contributed by atoms with Crippen molar-refractivity contribution in [3.05, 3.63) is 35.4 Å². The van der Waals surface area contributed by atoms with Gasteiger partial charge in [-0.05, 0) is 53.4 Å². The molecule has 1 aliphatic rings. The van der Waals surface area contributed by atoms with Gasteiger partial charge in [0.05, 0.1) is 0 Å². The minimum Gasteiger partial charge on any atom is -0.507 e. The Kier molecular flexibility index (Phi) is 3.33. The molecule has 0 amide bonds. The summed E-state index contributed by atoms with van der Waals surface area (Å²) in [4.78, 5) is 2.62. The molecule has 1 fully saturated rings. The second kappa shape index (κ2) is 5.14. The minimum absolute atomic E-state index is 0.152. The number of nitrogen functional groups attached to an aromatic ring is 1. The van der Waals surface area contributed by atoms with Crippen molar-refractivity contribution in [2.45, 2.75) is 18.8 Å². The molecule has 0 aliphatic heterocycles. The number of nitrogens with two attached hydrogens (primary N) is 1. The van der Waals surface area contributed by atoms with E-state index in [-0.39, 0.29) is 5.75 Å². The summed E-state index contributed by atoms with van der Waals surface area (Å²) in [6.45, 7) is 0. The maximum atomic E-state index is 10.2. The first-order valence-corrected chi connectivity index (χ1v) is 7.06. The summed E-state index contributed by atoms with van der Waals surface area (Å²) in [5.74, 6) is 3.88. The first kappa shape index (κ1) is 12.9. The first-order chi connectivity index (χ1) is 9.69. The fraction of sp³-hybridized carbons (Fsp3) is 0.200. The van der Waals surface area contributed by atoms with Crippen LogP contribution in [0, 0.1) is 10.8 Å². The number of hydrogen-bond acceptors (Lipinski definition) is 4. The predicted molar refractivity (Wildman–Crippen MR) is 81.3 cm³/mol. The van der Waals surface area contributed by atoms with Gasteiger partial charge in [-0.3, -0.25) is 0 Å². The number of aromatic nitrogens is 2. The Bertz CT molecular complexity index is 730. The van der Waals surface area contributed by atoms with Crippen LogP contribution in [0.4, 0.5) is 5.82 Å². The number of phenols is 1. The van der Waals surface area contributed by atoms with Gasteiger partial charge in [-0.1, -0.05) is 5.92 Å². The van der Waals surface area contributed by atoms with Crippen LogP contribution >= 0.6 is 15.9 Å². The van der Waals surface area contributed by atoms with Crippen molar-refractivity contribution in [3.63, 3.8) is 0 Å². The lowest BCUT2D eigenvalue weighted by Gasteiger charge is -2.09. The number of phenolic OH excluding ortho intramolecular Hbond substituents is 1. The molecule has 5 heteroatoms. The lowest BCUT2D eigenvalue weighted by atomic mass is 10.0. The molecule has 0 spiro atoms.